The minimum Gasteiger partial charge on any atom is -0.497 e. The van der Waals surface area contributed by atoms with Gasteiger partial charge in [0.15, 0.2) is 11.6 Å². The van der Waals surface area contributed by atoms with Crippen LogP contribution in [-0.4, -0.2) is 86.5 Å². The van der Waals surface area contributed by atoms with Crippen molar-refractivity contribution in [3.05, 3.63) is 131 Å². The average Bonchev–Trinajstić information content (AvgIpc) is 4.35. The van der Waals surface area contributed by atoms with E-state index in [-0.39, 0.29) is 43.0 Å². The van der Waals surface area contributed by atoms with Gasteiger partial charge in [-0.25, -0.2) is 18.7 Å². The van der Waals surface area contributed by atoms with Crippen LogP contribution < -0.4 is 28.7 Å². The van der Waals surface area contributed by atoms with Gasteiger partial charge in [0.1, 0.15) is 59.2 Å². The lowest BCUT2D eigenvalue weighted by Crippen LogP contribution is -2.28. The van der Waals surface area contributed by atoms with Crippen molar-refractivity contribution in [1.82, 2.24) is 19.9 Å². The third-order valence-electron chi connectivity index (χ3n) is 13.1. The summed E-state index contributed by atoms with van der Waals surface area (Å²) in [4.78, 5) is 46.7. The molecule has 74 heavy (non-hydrogen) atoms. The van der Waals surface area contributed by atoms with Gasteiger partial charge in [0.25, 0.3) is 0 Å². The highest BCUT2D eigenvalue weighted by molar-refractivity contribution is 5.75. The van der Waals surface area contributed by atoms with Gasteiger partial charge in [-0.2, -0.15) is 0 Å². The van der Waals surface area contributed by atoms with E-state index in [1.54, 1.807) is 48.7 Å². The number of hydrogen-bond donors (Lipinski definition) is 0. The van der Waals surface area contributed by atoms with Crippen molar-refractivity contribution in [1.29, 1.82) is 0 Å². The molecule has 0 radical (unpaired) electrons. The molecule has 2 saturated carbocycles. The van der Waals surface area contributed by atoms with E-state index in [0.717, 1.165) is 36.8 Å². The van der Waals surface area contributed by atoms with Crippen LogP contribution in [0.15, 0.2) is 97.3 Å². The summed E-state index contributed by atoms with van der Waals surface area (Å²) in [6.07, 6.45) is 8.45. The summed E-state index contributed by atoms with van der Waals surface area (Å²) in [6.45, 7) is 8.89. The molecule has 0 amide bonds. The van der Waals surface area contributed by atoms with Gasteiger partial charge in [0, 0.05) is 38.3 Å². The van der Waals surface area contributed by atoms with Crippen LogP contribution in [0, 0.1) is 23.5 Å². The number of ether oxygens (including phenoxy) is 6. The minimum atomic E-state index is -0.401. The molecule has 6 aromatic rings. The van der Waals surface area contributed by atoms with Gasteiger partial charge in [-0.15, -0.1) is 0 Å². The Bertz CT molecular complexity index is 2860. The standard InChI is InChI=1S/C30H36FN3O4.C28H32FN3O4/c1-6-37-28(35)16-25(20-10-11-20)21-8-7-9-24(14-21)38-18-22-17-32-29(30(33-22)34(4)19(2)3)26-15-23(36-5)12-13-27(26)31;1-5-35-26(33)15-23(18-9-10-18)19-7-6-8-22(13-19)36-17-20-16-30-27(28(31-20)32(2)3)24-14-21(34-4)11-12-25(24)29/h7-9,12-15,17,19-20,25H,6,10-11,16,18H2,1-5H3;6-8,11-14,16,18,23H,5,9-10,15,17H2,1-4H3/t25-;23-/m00/s1. The Balaban J connectivity index is 0.000000217. The van der Waals surface area contributed by atoms with Crippen LogP contribution in [0.1, 0.15) is 101 Å². The maximum absolute atomic E-state index is 14.8. The van der Waals surface area contributed by atoms with Gasteiger partial charge in [-0.05, 0) is 149 Å². The van der Waals surface area contributed by atoms with E-state index in [2.05, 4.69) is 15.0 Å². The van der Waals surface area contributed by atoms with Crippen molar-refractivity contribution < 1.29 is 46.8 Å². The highest BCUT2D eigenvalue weighted by Crippen LogP contribution is 2.46. The van der Waals surface area contributed by atoms with Gasteiger partial charge in [-0.3, -0.25) is 19.6 Å². The zero-order valence-corrected chi connectivity index (χ0v) is 43.9. The molecule has 0 unspecified atom stereocenters. The zero-order chi connectivity index (χ0) is 52.9. The minimum absolute atomic E-state index is 0.114. The second-order valence-electron chi connectivity index (χ2n) is 19.0. The van der Waals surface area contributed by atoms with Crippen molar-refractivity contribution in [3.8, 4) is 45.5 Å². The maximum Gasteiger partial charge on any atom is 0.306 e. The maximum atomic E-state index is 14.8. The fraction of sp³-hybridized carbons (Fsp3) is 0.414. The summed E-state index contributed by atoms with van der Waals surface area (Å²) in [5, 5.41) is 0. The summed E-state index contributed by atoms with van der Waals surface area (Å²) in [7, 11) is 8.66. The van der Waals surface area contributed by atoms with Crippen LogP contribution in [0.25, 0.3) is 22.5 Å². The fourth-order valence-corrected chi connectivity index (χ4v) is 8.67. The second-order valence-corrected chi connectivity index (χ2v) is 19.0. The molecule has 16 heteroatoms. The van der Waals surface area contributed by atoms with Crippen molar-refractivity contribution in [2.45, 2.75) is 97.3 Å². The van der Waals surface area contributed by atoms with E-state index >= 15 is 0 Å². The van der Waals surface area contributed by atoms with Crippen molar-refractivity contribution >= 4 is 23.6 Å². The van der Waals surface area contributed by atoms with Crippen LogP contribution in [0.3, 0.4) is 0 Å². The van der Waals surface area contributed by atoms with Crippen molar-refractivity contribution in [3.63, 3.8) is 0 Å². The number of rotatable bonds is 23. The Morgan fingerprint density at radius 3 is 1.43 bits per heavy atom. The molecule has 2 aliphatic carbocycles. The highest BCUT2D eigenvalue weighted by atomic mass is 19.1. The molecule has 2 heterocycles. The molecule has 2 aliphatic rings. The first-order valence-electron chi connectivity index (χ1n) is 25.3. The van der Waals surface area contributed by atoms with E-state index in [9.17, 15) is 18.4 Å². The van der Waals surface area contributed by atoms with Crippen LogP contribution in [0.4, 0.5) is 20.4 Å². The normalized spacial score (nSPS) is 13.7. The molecular weight excluding hydrogens is 947 g/mol. The molecule has 0 spiro atoms. The predicted molar refractivity (Wildman–Crippen MR) is 281 cm³/mol. The number of hydrogen-bond acceptors (Lipinski definition) is 14. The Kier molecular flexibility index (Phi) is 18.8. The number of nitrogens with zero attached hydrogens (tertiary/aromatic N) is 6. The molecule has 2 atom stereocenters. The van der Waals surface area contributed by atoms with E-state index in [4.69, 9.17) is 33.4 Å². The van der Waals surface area contributed by atoms with Gasteiger partial charge in [0.05, 0.1) is 64.1 Å². The van der Waals surface area contributed by atoms with Gasteiger partial charge in [-0.1, -0.05) is 24.3 Å². The topological polar surface area (TPSA) is 148 Å². The first-order valence-corrected chi connectivity index (χ1v) is 25.3. The highest BCUT2D eigenvalue weighted by Gasteiger charge is 2.35. The first kappa shape index (κ1) is 54.4. The number of carbonyl (C=O) groups excluding carboxylic acids is 2. The molecule has 0 saturated heterocycles. The summed E-state index contributed by atoms with van der Waals surface area (Å²) in [5.74, 6) is 3.69. The molecule has 0 bridgehead atoms. The lowest BCUT2D eigenvalue weighted by Gasteiger charge is -2.25. The summed E-state index contributed by atoms with van der Waals surface area (Å²) >= 11 is 0. The number of esters is 2. The number of methoxy groups -OCH3 is 2. The fourth-order valence-electron chi connectivity index (χ4n) is 8.67. The molecule has 0 N–H and O–H groups in total. The number of aromatic nitrogens is 4. The molecule has 392 valence electrons. The van der Waals surface area contributed by atoms with Crippen molar-refractivity contribution in [2.75, 3.05) is 58.4 Å². The summed E-state index contributed by atoms with van der Waals surface area (Å²) in [5.41, 5.74) is 4.89. The van der Waals surface area contributed by atoms with Crippen LogP contribution in [0.5, 0.6) is 23.0 Å². The predicted octanol–water partition coefficient (Wildman–Crippen LogP) is 11.5. The number of halogens is 2. The number of carbonyl (C=O) groups is 2. The quantitative estimate of drug-likeness (QED) is 0.0561. The Hall–Kier alpha value is -7.36. The van der Waals surface area contributed by atoms with E-state index in [0.29, 0.717) is 106 Å². The third-order valence-corrected chi connectivity index (χ3v) is 13.1. The van der Waals surface area contributed by atoms with E-state index in [1.165, 1.54) is 19.2 Å². The molecule has 14 nitrogen and oxygen atoms in total. The number of anilines is 2. The van der Waals surface area contributed by atoms with Crippen molar-refractivity contribution in [2.24, 2.45) is 11.8 Å². The monoisotopic (exact) mass is 1010 g/mol. The average molecular weight is 1020 g/mol. The largest absolute Gasteiger partial charge is 0.497 e. The van der Waals surface area contributed by atoms with Gasteiger partial charge in [0.2, 0.25) is 0 Å². The zero-order valence-electron chi connectivity index (χ0n) is 43.9. The molecule has 2 fully saturated rings. The first-order chi connectivity index (χ1) is 35.7. The molecule has 4 aromatic carbocycles. The van der Waals surface area contributed by atoms with Gasteiger partial charge >= 0.3 is 11.9 Å². The smallest absolute Gasteiger partial charge is 0.306 e. The molecule has 0 aliphatic heterocycles. The van der Waals surface area contributed by atoms with Crippen LogP contribution >= 0.6 is 0 Å². The lowest BCUT2D eigenvalue weighted by atomic mass is 9.91. The summed E-state index contributed by atoms with van der Waals surface area (Å²) < 4.78 is 62.5. The SMILES string of the molecule is CCOC(=O)C[C@H](c1cccc(OCc2cnc(-c3cc(OC)ccc3F)c(N(C)C(C)C)n2)c1)C1CC1.CCOC(=O)C[C@H](c1cccc(OCc2cnc(-c3cc(OC)ccc3F)c(N(C)C)n2)c1)C1CC1. The molecular formula is C58H68F2N6O8. The Labute approximate surface area is 433 Å². The van der Waals surface area contributed by atoms with Crippen LogP contribution in [-0.2, 0) is 32.3 Å². The van der Waals surface area contributed by atoms with E-state index < -0.39 is 11.6 Å². The lowest BCUT2D eigenvalue weighted by molar-refractivity contribution is -0.144. The van der Waals surface area contributed by atoms with Gasteiger partial charge < -0.3 is 38.2 Å². The Morgan fingerprint density at radius 2 is 1.04 bits per heavy atom. The Morgan fingerprint density at radius 1 is 0.608 bits per heavy atom. The van der Waals surface area contributed by atoms with Crippen LogP contribution in [0.2, 0.25) is 0 Å². The second kappa shape index (κ2) is 25.5. The molecule has 2 aromatic heterocycles. The summed E-state index contributed by atoms with van der Waals surface area (Å²) in [6, 6.07) is 25.0. The number of benzene rings is 4. The van der Waals surface area contributed by atoms with E-state index in [1.807, 2.05) is 102 Å². The molecule has 8 rings (SSSR count). The third kappa shape index (κ3) is 14.4.